The number of benzene rings is 1. The molecule has 0 radical (unpaired) electrons. The van der Waals surface area contributed by atoms with Crippen molar-refractivity contribution in [2.75, 3.05) is 33.9 Å². The van der Waals surface area contributed by atoms with Crippen LogP contribution in [-0.4, -0.2) is 44.5 Å². The lowest BCUT2D eigenvalue weighted by atomic mass is 10.1. The van der Waals surface area contributed by atoms with Gasteiger partial charge in [0.25, 0.3) is 0 Å². The van der Waals surface area contributed by atoms with E-state index in [2.05, 4.69) is 4.90 Å². The minimum Gasteiger partial charge on any atom is -0.493 e. The zero-order chi connectivity index (χ0) is 13.0. The average Bonchev–Trinajstić information content (AvgIpc) is 2.35. The van der Waals surface area contributed by atoms with Gasteiger partial charge in [0.05, 0.1) is 18.8 Å². The molecule has 1 aliphatic heterocycles. The van der Waals surface area contributed by atoms with Crippen molar-refractivity contribution in [3.05, 3.63) is 23.8 Å². The van der Waals surface area contributed by atoms with Gasteiger partial charge >= 0.3 is 0 Å². The predicted molar refractivity (Wildman–Crippen MR) is 69.6 cm³/mol. The van der Waals surface area contributed by atoms with Gasteiger partial charge in [-0.05, 0) is 32.6 Å². The van der Waals surface area contributed by atoms with Crippen LogP contribution in [0.25, 0.3) is 0 Å². The predicted octanol–water partition coefficient (Wildman–Crippen LogP) is 1.98. The van der Waals surface area contributed by atoms with E-state index in [0.29, 0.717) is 30.9 Å². The molecule has 0 fully saturated rings. The van der Waals surface area contributed by atoms with Crippen molar-refractivity contribution in [3.63, 3.8) is 0 Å². The first-order valence-electron chi connectivity index (χ1n) is 6.24. The molecule has 0 atom stereocenters. The lowest BCUT2D eigenvalue weighted by Gasteiger charge is -2.17. The first-order valence-corrected chi connectivity index (χ1v) is 6.24. The van der Waals surface area contributed by atoms with Crippen molar-refractivity contribution in [2.45, 2.75) is 12.8 Å². The largest absolute Gasteiger partial charge is 0.493 e. The number of nitrogens with zero attached hydrogens (tertiary/aromatic N) is 1. The Bertz CT molecular complexity index is 429. The molecular weight excluding hydrogens is 230 g/mol. The second-order valence-corrected chi connectivity index (χ2v) is 4.68. The van der Waals surface area contributed by atoms with E-state index in [0.717, 1.165) is 18.7 Å². The Morgan fingerprint density at radius 2 is 2.22 bits per heavy atom. The van der Waals surface area contributed by atoms with E-state index < -0.39 is 0 Å². The molecule has 0 saturated carbocycles. The molecule has 1 aliphatic rings. The van der Waals surface area contributed by atoms with E-state index in [4.69, 9.17) is 9.47 Å². The van der Waals surface area contributed by atoms with Gasteiger partial charge < -0.3 is 14.4 Å². The first-order chi connectivity index (χ1) is 8.66. The number of ketones is 1. The average molecular weight is 249 g/mol. The van der Waals surface area contributed by atoms with E-state index in [1.807, 2.05) is 26.2 Å². The van der Waals surface area contributed by atoms with Gasteiger partial charge in [-0.2, -0.15) is 0 Å². The Hall–Kier alpha value is -1.55. The molecule has 2 rings (SSSR count). The highest BCUT2D eigenvalue weighted by molar-refractivity contribution is 5.99. The molecule has 0 saturated heterocycles. The van der Waals surface area contributed by atoms with Crippen LogP contribution in [0, 0.1) is 0 Å². The number of ether oxygens (including phenoxy) is 2. The zero-order valence-electron chi connectivity index (χ0n) is 10.9. The van der Waals surface area contributed by atoms with E-state index in [-0.39, 0.29) is 5.78 Å². The lowest BCUT2D eigenvalue weighted by Crippen LogP contribution is -2.16. The molecule has 1 aromatic rings. The van der Waals surface area contributed by atoms with Crippen LogP contribution in [0.5, 0.6) is 11.5 Å². The van der Waals surface area contributed by atoms with Gasteiger partial charge in [0.1, 0.15) is 11.5 Å². The smallest absolute Gasteiger partial charge is 0.169 e. The lowest BCUT2D eigenvalue weighted by molar-refractivity contribution is 0.0933. The molecule has 1 aromatic carbocycles. The number of carbonyl (C=O) groups excluding carboxylic acids is 1. The van der Waals surface area contributed by atoms with Crippen LogP contribution < -0.4 is 9.47 Å². The number of hydrogen-bond acceptors (Lipinski definition) is 4. The highest BCUT2D eigenvalue weighted by Crippen LogP contribution is 2.29. The number of carbonyl (C=O) groups is 1. The van der Waals surface area contributed by atoms with Crippen LogP contribution in [-0.2, 0) is 0 Å². The Morgan fingerprint density at radius 1 is 1.39 bits per heavy atom. The molecule has 0 unspecified atom stereocenters. The van der Waals surface area contributed by atoms with Gasteiger partial charge in [-0.1, -0.05) is 0 Å². The Kier molecular flexibility index (Phi) is 4.20. The Morgan fingerprint density at radius 3 is 3.00 bits per heavy atom. The van der Waals surface area contributed by atoms with Gasteiger partial charge in [-0.15, -0.1) is 0 Å². The van der Waals surface area contributed by atoms with Gasteiger partial charge in [0, 0.05) is 19.0 Å². The van der Waals surface area contributed by atoms with Crippen molar-refractivity contribution >= 4 is 5.78 Å². The normalized spacial score (nSPS) is 14.3. The fourth-order valence-electron chi connectivity index (χ4n) is 1.90. The molecule has 4 heteroatoms. The van der Waals surface area contributed by atoms with Crippen molar-refractivity contribution in [1.82, 2.24) is 4.90 Å². The van der Waals surface area contributed by atoms with Crippen LogP contribution in [0.3, 0.4) is 0 Å². The third kappa shape index (κ3) is 3.23. The number of Topliss-reactive ketones (excluding diaryl/α,β-unsaturated/α-hetero) is 1. The summed E-state index contributed by atoms with van der Waals surface area (Å²) >= 11 is 0. The minimum atomic E-state index is 0.149. The molecule has 0 aliphatic carbocycles. The molecule has 4 nitrogen and oxygen atoms in total. The molecule has 1 heterocycles. The summed E-state index contributed by atoms with van der Waals surface area (Å²) in [7, 11) is 4.08. The maximum Gasteiger partial charge on any atom is 0.169 e. The summed E-state index contributed by atoms with van der Waals surface area (Å²) in [5.41, 5.74) is 0.668. The maximum absolute atomic E-state index is 11.6. The van der Waals surface area contributed by atoms with Gasteiger partial charge in [0.15, 0.2) is 5.78 Å². The fraction of sp³-hybridized carbons (Fsp3) is 0.500. The third-order valence-corrected chi connectivity index (χ3v) is 2.86. The maximum atomic E-state index is 11.6. The topological polar surface area (TPSA) is 38.8 Å². The second kappa shape index (κ2) is 5.87. The Balaban J connectivity index is 1.92. The summed E-state index contributed by atoms with van der Waals surface area (Å²) in [5, 5.41) is 0. The minimum absolute atomic E-state index is 0.149. The van der Waals surface area contributed by atoms with Crippen LogP contribution in [0.4, 0.5) is 0 Å². The molecule has 0 aromatic heterocycles. The van der Waals surface area contributed by atoms with E-state index >= 15 is 0 Å². The zero-order valence-corrected chi connectivity index (χ0v) is 10.9. The highest BCUT2D eigenvalue weighted by Gasteiger charge is 2.18. The summed E-state index contributed by atoms with van der Waals surface area (Å²) in [6, 6.07) is 5.43. The second-order valence-electron chi connectivity index (χ2n) is 4.68. The van der Waals surface area contributed by atoms with Crippen LogP contribution in [0.15, 0.2) is 18.2 Å². The quantitative estimate of drug-likeness (QED) is 0.748. The summed E-state index contributed by atoms with van der Waals surface area (Å²) in [6.45, 7) is 2.14. The highest BCUT2D eigenvalue weighted by atomic mass is 16.5. The van der Waals surface area contributed by atoms with Crippen LogP contribution in [0.1, 0.15) is 23.2 Å². The standard InChI is InChI=1S/C14H19NO3/c1-15(2)7-3-8-17-11-4-5-12-13(16)6-9-18-14(12)10-11/h4-5,10H,3,6-9H2,1-2H3. The van der Waals surface area contributed by atoms with Gasteiger partial charge in [-0.25, -0.2) is 0 Å². The SMILES string of the molecule is CN(C)CCCOc1ccc2c(c1)OCCC2=O. The summed E-state index contributed by atoms with van der Waals surface area (Å²) < 4.78 is 11.1. The molecule has 18 heavy (non-hydrogen) atoms. The summed E-state index contributed by atoms with van der Waals surface area (Å²) in [6.07, 6.45) is 1.44. The monoisotopic (exact) mass is 249 g/mol. The van der Waals surface area contributed by atoms with Gasteiger partial charge in [-0.3, -0.25) is 4.79 Å². The summed E-state index contributed by atoms with van der Waals surface area (Å²) in [5.74, 6) is 1.56. The van der Waals surface area contributed by atoms with Crippen molar-refractivity contribution < 1.29 is 14.3 Å². The molecule has 0 spiro atoms. The van der Waals surface area contributed by atoms with Gasteiger partial charge in [0.2, 0.25) is 0 Å². The van der Waals surface area contributed by atoms with Crippen LogP contribution in [0.2, 0.25) is 0 Å². The molecule has 0 bridgehead atoms. The Labute approximate surface area is 107 Å². The fourth-order valence-corrected chi connectivity index (χ4v) is 1.90. The third-order valence-electron chi connectivity index (χ3n) is 2.86. The summed E-state index contributed by atoms with van der Waals surface area (Å²) in [4.78, 5) is 13.7. The number of hydrogen-bond donors (Lipinski definition) is 0. The molecule has 0 N–H and O–H groups in total. The number of fused-ring (bicyclic) bond motifs is 1. The van der Waals surface area contributed by atoms with Crippen molar-refractivity contribution in [3.8, 4) is 11.5 Å². The van der Waals surface area contributed by atoms with E-state index in [1.165, 1.54) is 0 Å². The van der Waals surface area contributed by atoms with Crippen molar-refractivity contribution in [1.29, 1.82) is 0 Å². The van der Waals surface area contributed by atoms with Crippen molar-refractivity contribution in [2.24, 2.45) is 0 Å². The number of rotatable bonds is 5. The van der Waals surface area contributed by atoms with E-state index in [1.54, 1.807) is 6.07 Å². The molecule has 0 amide bonds. The molecule has 98 valence electrons. The van der Waals surface area contributed by atoms with Crippen LogP contribution >= 0.6 is 0 Å². The van der Waals surface area contributed by atoms with E-state index in [9.17, 15) is 4.79 Å². The molecular formula is C14H19NO3. The first kappa shape index (κ1) is 12.9.